The lowest BCUT2D eigenvalue weighted by molar-refractivity contribution is -0.111. The maximum atomic E-state index is 11.9. The topological polar surface area (TPSA) is 49.3 Å². The highest BCUT2D eigenvalue weighted by Crippen LogP contribution is 2.17. The molecule has 0 radical (unpaired) electrons. The predicted octanol–water partition coefficient (Wildman–Crippen LogP) is 3.79. The third-order valence-corrected chi connectivity index (χ3v) is 3.29. The number of carbonyl (C=O) groups is 1. The molecule has 0 spiro atoms. The van der Waals surface area contributed by atoms with Gasteiger partial charge in [-0.25, -0.2) is 0 Å². The van der Waals surface area contributed by atoms with Crippen LogP contribution in [-0.4, -0.2) is 11.0 Å². The van der Waals surface area contributed by atoms with Crippen LogP contribution in [-0.2, 0) is 11.4 Å². The molecule has 0 aliphatic rings. The number of benzene rings is 2. The molecule has 0 heterocycles. The SMILES string of the molecule is Cc1ccc(CO)cc1NC(=O)/C=C/c1ccc(Cl)cc1. The number of amides is 1. The van der Waals surface area contributed by atoms with Crippen molar-refractivity contribution in [2.75, 3.05) is 5.32 Å². The van der Waals surface area contributed by atoms with Gasteiger partial charge in [0.2, 0.25) is 5.91 Å². The average molecular weight is 302 g/mol. The zero-order valence-electron chi connectivity index (χ0n) is 11.6. The summed E-state index contributed by atoms with van der Waals surface area (Å²) >= 11 is 5.80. The Labute approximate surface area is 128 Å². The van der Waals surface area contributed by atoms with E-state index >= 15 is 0 Å². The van der Waals surface area contributed by atoms with Gasteiger partial charge in [0.1, 0.15) is 0 Å². The molecule has 108 valence electrons. The average Bonchev–Trinajstić information content (AvgIpc) is 2.49. The van der Waals surface area contributed by atoms with Gasteiger partial charge in [-0.05, 0) is 47.9 Å². The van der Waals surface area contributed by atoms with Crippen LogP contribution >= 0.6 is 11.6 Å². The largest absolute Gasteiger partial charge is 0.392 e. The molecule has 2 aromatic rings. The molecule has 3 nitrogen and oxygen atoms in total. The fraction of sp³-hybridized carbons (Fsp3) is 0.118. The van der Waals surface area contributed by atoms with E-state index in [0.717, 1.165) is 16.7 Å². The summed E-state index contributed by atoms with van der Waals surface area (Å²) in [6.45, 7) is 1.85. The lowest BCUT2D eigenvalue weighted by Crippen LogP contribution is -2.09. The van der Waals surface area contributed by atoms with Gasteiger partial charge >= 0.3 is 0 Å². The van der Waals surface area contributed by atoms with E-state index in [4.69, 9.17) is 16.7 Å². The van der Waals surface area contributed by atoms with Gasteiger partial charge in [0.25, 0.3) is 0 Å². The number of aliphatic hydroxyl groups excluding tert-OH is 1. The van der Waals surface area contributed by atoms with Crippen molar-refractivity contribution in [1.29, 1.82) is 0 Å². The third-order valence-electron chi connectivity index (χ3n) is 3.04. The molecule has 2 N–H and O–H groups in total. The van der Waals surface area contributed by atoms with E-state index in [2.05, 4.69) is 5.32 Å². The van der Waals surface area contributed by atoms with Gasteiger partial charge in [-0.15, -0.1) is 0 Å². The number of nitrogens with one attached hydrogen (secondary N) is 1. The van der Waals surface area contributed by atoms with Crippen molar-refractivity contribution in [2.45, 2.75) is 13.5 Å². The summed E-state index contributed by atoms with van der Waals surface area (Å²) < 4.78 is 0. The first-order valence-corrected chi connectivity index (χ1v) is 6.91. The lowest BCUT2D eigenvalue weighted by Gasteiger charge is -2.08. The standard InChI is InChI=1S/C17H16ClNO2/c1-12-2-3-14(11-20)10-16(12)19-17(21)9-6-13-4-7-15(18)8-5-13/h2-10,20H,11H2,1H3,(H,19,21)/b9-6+. The van der Waals surface area contributed by atoms with Crippen LogP contribution in [0.25, 0.3) is 6.08 Å². The van der Waals surface area contributed by atoms with Crippen LogP contribution in [0.1, 0.15) is 16.7 Å². The molecular formula is C17H16ClNO2. The zero-order valence-corrected chi connectivity index (χ0v) is 12.4. The van der Waals surface area contributed by atoms with Crippen LogP contribution in [0.4, 0.5) is 5.69 Å². The fourth-order valence-corrected chi connectivity index (χ4v) is 1.95. The molecule has 2 rings (SSSR count). The Morgan fingerprint density at radius 1 is 1.24 bits per heavy atom. The first-order valence-electron chi connectivity index (χ1n) is 6.53. The van der Waals surface area contributed by atoms with Crippen molar-refractivity contribution in [3.8, 4) is 0 Å². The van der Waals surface area contributed by atoms with E-state index in [1.54, 1.807) is 24.3 Å². The molecule has 21 heavy (non-hydrogen) atoms. The summed E-state index contributed by atoms with van der Waals surface area (Å²) in [5.74, 6) is -0.219. The van der Waals surface area contributed by atoms with Crippen molar-refractivity contribution in [3.63, 3.8) is 0 Å². The minimum atomic E-state index is -0.219. The molecule has 0 atom stereocenters. The molecule has 0 saturated heterocycles. The first kappa shape index (κ1) is 15.3. The normalized spacial score (nSPS) is 10.8. The minimum absolute atomic E-state index is 0.0518. The highest BCUT2D eigenvalue weighted by atomic mass is 35.5. The Bertz CT molecular complexity index is 663. The first-order chi connectivity index (χ1) is 10.1. The van der Waals surface area contributed by atoms with Crippen molar-refractivity contribution in [3.05, 3.63) is 70.3 Å². The van der Waals surface area contributed by atoms with Crippen molar-refractivity contribution >= 4 is 29.3 Å². The molecule has 0 saturated carbocycles. The summed E-state index contributed by atoms with van der Waals surface area (Å²) in [6.07, 6.45) is 3.19. The molecule has 0 aromatic heterocycles. The Balaban J connectivity index is 2.06. The van der Waals surface area contributed by atoms with E-state index in [-0.39, 0.29) is 12.5 Å². The van der Waals surface area contributed by atoms with Gasteiger partial charge in [0.15, 0.2) is 0 Å². The third kappa shape index (κ3) is 4.45. The summed E-state index contributed by atoms with van der Waals surface area (Å²) in [5, 5.41) is 12.6. The van der Waals surface area contributed by atoms with Crippen LogP contribution in [0.2, 0.25) is 5.02 Å². The smallest absolute Gasteiger partial charge is 0.248 e. The number of anilines is 1. The fourth-order valence-electron chi connectivity index (χ4n) is 1.82. The second-order valence-corrected chi connectivity index (χ2v) is 5.12. The number of hydrogen-bond acceptors (Lipinski definition) is 2. The van der Waals surface area contributed by atoms with Gasteiger partial charge in [-0.2, -0.15) is 0 Å². The van der Waals surface area contributed by atoms with E-state index in [1.165, 1.54) is 6.08 Å². The summed E-state index contributed by atoms with van der Waals surface area (Å²) in [4.78, 5) is 11.9. The molecular weight excluding hydrogens is 286 g/mol. The predicted molar refractivity (Wildman–Crippen MR) is 86.2 cm³/mol. The highest BCUT2D eigenvalue weighted by molar-refractivity contribution is 6.30. The number of aryl methyl sites for hydroxylation is 1. The van der Waals surface area contributed by atoms with E-state index in [9.17, 15) is 4.79 Å². The van der Waals surface area contributed by atoms with Crippen LogP contribution < -0.4 is 5.32 Å². The Morgan fingerprint density at radius 3 is 2.62 bits per heavy atom. The quantitative estimate of drug-likeness (QED) is 0.844. The van der Waals surface area contributed by atoms with Gasteiger partial charge in [-0.3, -0.25) is 4.79 Å². The second-order valence-electron chi connectivity index (χ2n) is 4.68. The van der Waals surface area contributed by atoms with E-state index < -0.39 is 0 Å². The highest BCUT2D eigenvalue weighted by Gasteiger charge is 2.03. The molecule has 2 aromatic carbocycles. The van der Waals surface area contributed by atoms with Gasteiger partial charge in [0, 0.05) is 16.8 Å². The Kier molecular flexibility index (Phi) is 5.14. The van der Waals surface area contributed by atoms with Crippen LogP contribution in [0.5, 0.6) is 0 Å². The zero-order chi connectivity index (χ0) is 15.2. The molecule has 0 fully saturated rings. The number of rotatable bonds is 4. The van der Waals surface area contributed by atoms with Crippen LogP contribution in [0.3, 0.4) is 0 Å². The molecule has 0 aliphatic heterocycles. The van der Waals surface area contributed by atoms with Gasteiger partial charge in [-0.1, -0.05) is 35.9 Å². The number of hydrogen-bond donors (Lipinski definition) is 2. The molecule has 0 bridgehead atoms. The number of aliphatic hydroxyl groups is 1. The monoisotopic (exact) mass is 301 g/mol. The molecule has 1 amide bonds. The molecule has 4 heteroatoms. The van der Waals surface area contributed by atoms with Gasteiger partial charge in [0.05, 0.1) is 6.61 Å². The number of carbonyl (C=O) groups excluding carboxylic acids is 1. The second kappa shape index (κ2) is 7.07. The van der Waals surface area contributed by atoms with E-state index in [1.807, 2.05) is 31.2 Å². The lowest BCUT2D eigenvalue weighted by atomic mass is 10.1. The Hall–Kier alpha value is -2.10. The van der Waals surface area contributed by atoms with Crippen molar-refractivity contribution < 1.29 is 9.90 Å². The van der Waals surface area contributed by atoms with Gasteiger partial charge < -0.3 is 10.4 Å². The Morgan fingerprint density at radius 2 is 1.95 bits per heavy atom. The number of halogens is 1. The van der Waals surface area contributed by atoms with Crippen LogP contribution in [0.15, 0.2) is 48.5 Å². The maximum absolute atomic E-state index is 11.9. The maximum Gasteiger partial charge on any atom is 0.248 e. The van der Waals surface area contributed by atoms with Crippen LogP contribution in [0, 0.1) is 6.92 Å². The minimum Gasteiger partial charge on any atom is -0.392 e. The molecule has 0 aliphatic carbocycles. The van der Waals surface area contributed by atoms with Crippen molar-refractivity contribution in [1.82, 2.24) is 0 Å². The van der Waals surface area contributed by atoms with Crippen molar-refractivity contribution in [2.24, 2.45) is 0 Å². The molecule has 0 unspecified atom stereocenters. The summed E-state index contributed by atoms with van der Waals surface area (Å²) in [6, 6.07) is 12.7. The summed E-state index contributed by atoms with van der Waals surface area (Å²) in [7, 11) is 0. The van der Waals surface area contributed by atoms with E-state index in [0.29, 0.717) is 10.7 Å². The summed E-state index contributed by atoms with van der Waals surface area (Å²) in [5.41, 5.74) is 3.31.